The van der Waals surface area contributed by atoms with Gasteiger partial charge in [-0.15, -0.1) is 0 Å². The summed E-state index contributed by atoms with van der Waals surface area (Å²) in [6.45, 7) is 0.690. The summed E-state index contributed by atoms with van der Waals surface area (Å²) in [5, 5.41) is 1.56. The minimum atomic E-state index is -3.18. The highest BCUT2D eigenvalue weighted by Crippen LogP contribution is 2.28. The highest BCUT2D eigenvalue weighted by Gasteiger charge is 2.14. The van der Waals surface area contributed by atoms with Crippen LogP contribution in [0.4, 0.5) is 0 Å². The maximum absolute atomic E-state index is 11.6. The van der Waals surface area contributed by atoms with Gasteiger partial charge in [-0.05, 0) is 36.7 Å². The van der Waals surface area contributed by atoms with E-state index in [1.54, 1.807) is 11.8 Å². The average molecular weight is 436 g/mol. The summed E-state index contributed by atoms with van der Waals surface area (Å²) in [6, 6.07) is 17.9. The van der Waals surface area contributed by atoms with Crippen molar-refractivity contribution in [1.82, 2.24) is 14.3 Å². The molecule has 2 aromatic carbocycles. The van der Waals surface area contributed by atoms with Gasteiger partial charge in [0, 0.05) is 10.8 Å². The van der Waals surface area contributed by atoms with E-state index in [0.29, 0.717) is 23.7 Å². The van der Waals surface area contributed by atoms with Crippen molar-refractivity contribution >= 4 is 33.4 Å². The second-order valence-corrected chi connectivity index (χ2v) is 9.77. The Labute approximate surface area is 175 Å². The van der Waals surface area contributed by atoms with Crippen molar-refractivity contribution in [3.05, 3.63) is 71.4 Å². The molecule has 0 saturated heterocycles. The molecule has 3 rings (SSSR count). The fourth-order valence-corrected chi connectivity index (χ4v) is 4.71. The summed E-state index contributed by atoms with van der Waals surface area (Å²) in [4.78, 5) is 4.59. The molecule has 28 heavy (non-hydrogen) atoms. The molecular weight excluding hydrogens is 414 g/mol. The van der Waals surface area contributed by atoms with Crippen LogP contribution >= 0.6 is 23.4 Å². The molecule has 148 valence electrons. The van der Waals surface area contributed by atoms with E-state index < -0.39 is 10.0 Å². The lowest BCUT2D eigenvalue weighted by molar-refractivity contribution is 0.587. The third kappa shape index (κ3) is 5.61. The highest BCUT2D eigenvalue weighted by atomic mass is 35.5. The van der Waals surface area contributed by atoms with Gasteiger partial charge in [-0.3, -0.25) is 0 Å². The number of halogens is 1. The predicted molar refractivity (Wildman–Crippen MR) is 116 cm³/mol. The van der Waals surface area contributed by atoms with Gasteiger partial charge in [-0.1, -0.05) is 65.8 Å². The lowest BCUT2D eigenvalue weighted by Crippen LogP contribution is -2.22. The Hall–Kier alpha value is -1.80. The molecule has 0 amide bonds. The summed E-state index contributed by atoms with van der Waals surface area (Å²) in [5.41, 5.74) is 3.22. The van der Waals surface area contributed by atoms with Gasteiger partial charge in [-0.25, -0.2) is 18.1 Å². The fourth-order valence-electron chi connectivity index (χ4n) is 2.76. The maximum atomic E-state index is 11.6. The van der Waals surface area contributed by atoms with Gasteiger partial charge in [0.2, 0.25) is 10.0 Å². The molecule has 0 atom stereocenters. The van der Waals surface area contributed by atoms with E-state index in [9.17, 15) is 8.42 Å². The first kappa shape index (κ1) is 20.9. The first-order valence-electron chi connectivity index (χ1n) is 8.88. The molecule has 0 aliphatic heterocycles. The zero-order chi connectivity index (χ0) is 20.0. The zero-order valence-electron chi connectivity index (χ0n) is 15.5. The van der Waals surface area contributed by atoms with Crippen LogP contribution in [-0.4, -0.2) is 36.5 Å². The van der Waals surface area contributed by atoms with E-state index in [1.807, 2.05) is 48.7 Å². The number of hydrogen-bond donors (Lipinski definition) is 1. The van der Waals surface area contributed by atoms with Gasteiger partial charge in [-0.2, -0.15) is 0 Å². The number of aromatic nitrogens is 2. The van der Waals surface area contributed by atoms with Crippen molar-refractivity contribution in [2.45, 2.75) is 18.1 Å². The lowest BCUT2D eigenvalue weighted by atomic mass is 10.1. The summed E-state index contributed by atoms with van der Waals surface area (Å²) in [5.74, 6) is 0.784. The van der Waals surface area contributed by atoms with Crippen molar-refractivity contribution in [2.75, 3.05) is 18.6 Å². The van der Waals surface area contributed by atoms with Crippen molar-refractivity contribution in [1.29, 1.82) is 0 Å². The van der Waals surface area contributed by atoms with Gasteiger partial charge in [0.1, 0.15) is 0 Å². The molecule has 1 N–H and O–H groups in total. The van der Waals surface area contributed by atoms with Crippen LogP contribution in [0.3, 0.4) is 0 Å². The van der Waals surface area contributed by atoms with Crippen LogP contribution in [-0.2, 0) is 16.6 Å². The van der Waals surface area contributed by atoms with Crippen molar-refractivity contribution < 1.29 is 8.42 Å². The Morgan fingerprint density at radius 3 is 2.50 bits per heavy atom. The SMILES string of the molecule is CNS(=O)(=O)CCCSc1ncc(-c2ccc(Cl)cc2)n1Cc1ccccc1. The molecule has 8 heteroatoms. The molecule has 0 fully saturated rings. The molecule has 0 unspecified atom stereocenters. The van der Waals surface area contributed by atoms with Gasteiger partial charge in [0.05, 0.1) is 24.2 Å². The average Bonchev–Trinajstić information content (AvgIpc) is 3.09. The van der Waals surface area contributed by atoms with Gasteiger partial charge >= 0.3 is 0 Å². The molecule has 0 saturated carbocycles. The minimum absolute atomic E-state index is 0.111. The molecule has 0 spiro atoms. The van der Waals surface area contributed by atoms with Gasteiger partial charge in [0.25, 0.3) is 0 Å². The van der Waals surface area contributed by atoms with Crippen LogP contribution in [0.5, 0.6) is 0 Å². The third-order valence-corrected chi connectivity index (χ3v) is 7.02. The van der Waals surface area contributed by atoms with Crippen molar-refractivity contribution in [3.63, 3.8) is 0 Å². The van der Waals surface area contributed by atoms with Crippen LogP contribution in [0.25, 0.3) is 11.3 Å². The summed E-state index contributed by atoms with van der Waals surface area (Å²) >= 11 is 7.60. The number of benzene rings is 2. The number of rotatable bonds is 9. The number of hydrogen-bond acceptors (Lipinski definition) is 4. The van der Waals surface area contributed by atoms with Crippen molar-refractivity contribution in [3.8, 4) is 11.3 Å². The normalized spacial score (nSPS) is 11.6. The standard InChI is InChI=1S/C20H22ClN3O2S2/c1-22-28(25,26)13-5-12-27-20-23-14-19(17-8-10-18(21)11-9-17)24(20)15-16-6-3-2-4-7-16/h2-4,6-11,14,22H,5,12-13,15H2,1H3. The number of thioether (sulfide) groups is 1. The van der Waals surface area contributed by atoms with E-state index in [-0.39, 0.29) is 5.75 Å². The molecule has 0 aliphatic carbocycles. The van der Waals surface area contributed by atoms with Crippen LogP contribution in [0.15, 0.2) is 66.0 Å². The molecule has 1 aromatic heterocycles. The molecule has 0 radical (unpaired) electrons. The van der Waals surface area contributed by atoms with E-state index >= 15 is 0 Å². The summed E-state index contributed by atoms with van der Waals surface area (Å²) in [7, 11) is -1.74. The van der Waals surface area contributed by atoms with Crippen LogP contribution in [0.1, 0.15) is 12.0 Å². The number of imidazole rings is 1. The number of sulfonamides is 1. The maximum Gasteiger partial charge on any atom is 0.211 e. The summed E-state index contributed by atoms with van der Waals surface area (Å²) in [6.07, 6.45) is 2.42. The quantitative estimate of drug-likeness (QED) is 0.402. The Balaban J connectivity index is 1.82. The van der Waals surface area contributed by atoms with Crippen LogP contribution in [0.2, 0.25) is 5.02 Å². The second kappa shape index (κ2) is 9.60. The van der Waals surface area contributed by atoms with E-state index in [0.717, 1.165) is 16.4 Å². The lowest BCUT2D eigenvalue weighted by Gasteiger charge is -2.12. The highest BCUT2D eigenvalue weighted by molar-refractivity contribution is 7.99. The first-order valence-corrected chi connectivity index (χ1v) is 11.9. The van der Waals surface area contributed by atoms with Crippen LogP contribution < -0.4 is 4.72 Å². The van der Waals surface area contributed by atoms with E-state index in [2.05, 4.69) is 26.4 Å². The monoisotopic (exact) mass is 435 g/mol. The Morgan fingerprint density at radius 1 is 1.11 bits per heavy atom. The first-order chi connectivity index (χ1) is 13.5. The fraction of sp³-hybridized carbons (Fsp3) is 0.250. The second-order valence-electron chi connectivity index (χ2n) is 6.23. The minimum Gasteiger partial charge on any atom is -0.314 e. The largest absolute Gasteiger partial charge is 0.314 e. The molecule has 0 bridgehead atoms. The van der Waals surface area contributed by atoms with Crippen molar-refractivity contribution in [2.24, 2.45) is 0 Å². The van der Waals surface area contributed by atoms with Crippen LogP contribution in [0, 0.1) is 0 Å². The van der Waals surface area contributed by atoms with E-state index in [1.165, 1.54) is 12.6 Å². The Morgan fingerprint density at radius 2 is 1.82 bits per heavy atom. The summed E-state index contributed by atoms with van der Waals surface area (Å²) < 4.78 is 27.7. The number of nitrogens with one attached hydrogen (secondary N) is 1. The molecular formula is C20H22ClN3O2S2. The molecule has 3 aromatic rings. The number of nitrogens with zero attached hydrogens (tertiary/aromatic N) is 2. The van der Waals surface area contributed by atoms with Gasteiger partial charge < -0.3 is 4.57 Å². The Kier molecular flexibility index (Phi) is 7.18. The molecule has 5 nitrogen and oxygen atoms in total. The third-order valence-electron chi connectivity index (χ3n) is 4.24. The van der Waals surface area contributed by atoms with E-state index in [4.69, 9.17) is 11.6 Å². The van der Waals surface area contributed by atoms with Gasteiger partial charge in [0.15, 0.2) is 5.16 Å². The predicted octanol–water partition coefficient (Wildman–Crippen LogP) is 4.28. The molecule has 1 heterocycles. The zero-order valence-corrected chi connectivity index (χ0v) is 17.9. The topological polar surface area (TPSA) is 64.0 Å². The Bertz CT molecular complexity index is 1000. The smallest absolute Gasteiger partial charge is 0.211 e. The molecule has 0 aliphatic rings.